The number of halogens is 1. The van der Waals surface area contributed by atoms with E-state index in [9.17, 15) is 13.2 Å². The fraction of sp³-hybridized carbons (Fsp3) is 0.136. The van der Waals surface area contributed by atoms with E-state index in [1.54, 1.807) is 18.2 Å². The number of aromatic nitrogens is 2. The lowest BCUT2D eigenvalue weighted by Crippen LogP contribution is -2.45. The Labute approximate surface area is 198 Å². The molecule has 7 nitrogen and oxygen atoms in total. The van der Waals surface area contributed by atoms with Gasteiger partial charge in [-0.05, 0) is 64.7 Å². The number of nitrogens with zero attached hydrogens (tertiary/aromatic N) is 2. The Kier molecular flexibility index (Phi) is 6.66. The van der Waals surface area contributed by atoms with Gasteiger partial charge in [-0.25, -0.2) is 8.42 Å². The highest BCUT2D eigenvalue weighted by molar-refractivity contribution is 9.10. The molecule has 10 heteroatoms. The van der Waals surface area contributed by atoms with E-state index in [0.717, 1.165) is 22.9 Å². The monoisotopic (exact) mass is 530 g/mol. The number of nitrogens with one attached hydrogen (secondary N) is 2. The minimum Gasteiger partial charge on any atom is -0.324 e. The van der Waals surface area contributed by atoms with Gasteiger partial charge in [0.05, 0.1) is 17.4 Å². The molecule has 4 aromatic rings. The molecule has 0 bridgehead atoms. The van der Waals surface area contributed by atoms with Crippen molar-refractivity contribution in [2.24, 2.45) is 0 Å². The molecule has 0 radical (unpaired) electrons. The first kappa shape index (κ1) is 22.5. The maximum atomic E-state index is 13.2. The van der Waals surface area contributed by atoms with Gasteiger partial charge in [0.1, 0.15) is 22.0 Å². The molecule has 2 N–H and O–H groups in total. The van der Waals surface area contributed by atoms with E-state index < -0.39 is 22.0 Å². The predicted octanol–water partition coefficient (Wildman–Crippen LogP) is 4.29. The van der Waals surface area contributed by atoms with Crippen LogP contribution in [0.25, 0.3) is 11.0 Å². The number of benzene rings is 3. The lowest BCUT2D eigenvalue weighted by Gasteiger charge is -2.19. The van der Waals surface area contributed by atoms with Gasteiger partial charge in [-0.3, -0.25) is 4.79 Å². The summed E-state index contributed by atoms with van der Waals surface area (Å²) in [4.78, 5) is 13.2. The predicted molar refractivity (Wildman–Crippen MR) is 129 cm³/mol. The summed E-state index contributed by atoms with van der Waals surface area (Å²) in [5, 5.41) is 2.83. The number of carbonyl (C=O) groups is 1. The van der Waals surface area contributed by atoms with Gasteiger partial charge in [0.2, 0.25) is 15.9 Å². The molecule has 1 amide bonds. The van der Waals surface area contributed by atoms with E-state index in [2.05, 4.69) is 34.7 Å². The minimum atomic E-state index is -4.05. The largest absolute Gasteiger partial charge is 0.324 e. The zero-order chi connectivity index (χ0) is 22.7. The number of amides is 1. The van der Waals surface area contributed by atoms with E-state index in [-0.39, 0.29) is 16.8 Å². The first-order chi connectivity index (χ1) is 15.3. The van der Waals surface area contributed by atoms with Crippen LogP contribution >= 0.6 is 27.7 Å². The maximum Gasteiger partial charge on any atom is 0.243 e. The number of aryl methyl sites for hydroxylation is 1. The number of fused-ring (bicyclic) bond motifs is 1. The summed E-state index contributed by atoms with van der Waals surface area (Å²) in [6.07, 6.45) is 0.181. The molecule has 3 aromatic carbocycles. The highest BCUT2D eigenvalue weighted by Crippen LogP contribution is 2.25. The van der Waals surface area contributed by atoms with Crippen LogP contribution in [-0.4, -0.2) is 29.1 Å². The second-order valence-corrected chi connectivity index (χ2v) is 10.3. The number of anilines is 1. The Morgan fingerprint density at radius 2 is 1.84 bits per heavy atom. The number of carbonyl (C=O) groups excluding carboxylic acids is 1. The molecule has 0 aliphatic carbocycles. The third kappa shape index (κ3) is 5.04. The molecular formula is C22H19BrN4O3S2. The van der Waals surface area contributed by atoms with E-state index in [1.807, 2.05) is 49.4 Å². The third-order valence-corrected chi connectivity index (χ3v) is 7.52. The smallest absolute Gasteiger partial charge is 0.243 e. The van der Waals surface area contributed by atoms with Gasteiger partial charge < -0.3 is 5.32 Å². The van der Waals surface area contributed by atoms with Crippen LogP contribution in [0.5, 0.6) is 0 Å². The molecule has 0 aliphatic heterocycles. The van der Waals surface area contributed by atoms with E-state index in [4.69, 9.17) is 0 Å². The normalized spacial score (nSPS) is 12.6. The second-order valence-electron chi connectivity index (χ2n) is 7.22. The lowest BCUT2D eigenvalue weighted by molar-refractivity contribution is -0.117. The number of hydrogen-bond donors (Lipinski definition) is 2. The zero-order valence-corrected chi connectivity index (χ0v) is 20.2. The molecule has 0 saturated carbocycles. The van der Waals surface area contributed by atoms with Crippen molar-refractivity contribution >= 4 is 60.3 Å². The van der Waals surface area contributed by atoms with E-state index >= 15 is 0 Å². The topological polar surface area (TPSA) is 101 Å². The quantitative estimate of drug-likeness (QED) is 0.371. The van der Waals surface area contributed by atoms with Crippen LogP contribution in [0, 0.1) is 6.92 Å². The van der Waals surface area contributed by atoms with Crippen molar-refractivity contribution in [2.75, 3.05) is 5.32 Å². The fourth-order valence-electron chi connectivity index (χ4n) is 3.23. The first-order valence-corrected chi connectivity index (χ1v) is 12.7. The van der Waals surface area contributed by atoms with Crippen LogP contribution < -0.4 is 10.0 Å². The van der Waals surface area contributed by atoms with Gasteiger partial charge in [-0.2, -0.15) is 13.5 Å². The van der Waals surface area contributed by atoms with E-state index in [1.165, 1.54) is 6.07 Å². The van der Waals surface area contributed by atoms with Gasteiger partial charge in [0.25, 0.3) is 0 Å². The van der Waals surface area contributed by atoms with Crippen molar-refractivity contribution < 1.29 is 13.2 Å². The van der Waals surface area contributed by atoms with Gasteiger partial charge in [0, 0.05) is 4.47 Å². The van der Waals surface area contributed by atoms with Gasteiger partial charge in [-0.15, -0.1) is 0 Å². The molecule has 0 unspecified atom stereocenters. The second kappa shape index (κ2) is 9.45. The van der Waals surface area contributed by atoms with Crippen molar-refractivity contribution in [3.8, 4) is 0 Å². The SMILES string of the molecule is Cc1ccc(NC(=O)[C@H](Cc2ccccc2)NS(=O)(=O)c2cccc3nsnc23)c(Br)c1. The maximum absolute atomic E-state index is 13.2. The molecule has 1 atom stereocenters. The highest BCUT2D eigenvalue weighted by Gasteiger charge is 2.28. The molecule has 1 aromatic heterocycles. The first-order valence-electron chi connectivity index (χ1n) is 9.68. The molecule has 164 valence electrons. The summed E-state index contributed by atoms with van der Waals surface area (Å²) in [6, 6.07) is 18.5. The Morgan fingerprint density at radius 1 is 1.06 bits per heavy atom. The van der Waals surface area contributed by atoms with Gasteiger partial charge >= 0.3 is 0 Å². The Hall–Kier alpha value is -2.66. The van der Waals surface area contributed by atoms with Crippen molar-refractivity contribution in [3.05, 3.63) is 82.3 Å². The number of hydrogen-bond acceptors (Lipinski definition) is 6. The van der Waals surface area contributed by atoms with Crippen LogP contribution in [0.1, 0.15) is 11.1 Å². The summed E-state index contributed by atoms with van der Waals surface area (Å²) >= 11 is 4.38. The van der Waals surface area contributed by atoms with Crippen LogP contribution in [0.15, 0.2) is 76.1 Å². The van der Waals surface area contributed by atoms with Crippen LogP contribution in [0.3, 0.4) is 0 Å². The average Bonchev–Trinajstić information content (AvgIpc) is 3.24. The Bertz CT molecular complexity index is 1370. The minimum absolute atomic E-state index is 0.00821. The molecule has 1 heterocycles. The van der Waals surface area contributed by atoms with Crippen molar-refractivity contribution in [1.29, 1.82) is 0 Å². The van der Waals surface area contributed by atoms with Gasteiger partial charge in [0.15, 0.2) is 0 Å². The average molecular weight is 531 g/mol. The summed E-state index contributed by atoms with van der Waals surface area (Å²) in [7, 11) is -4.05. The standard InChI is InChI=1S/C22H19BrN4O3S2/c1-14-10-11-17(16(23)12-14)24-22(28)19(13-15-6-3-2-4-7-15)27-32(29,30)20-9-5-8-18-21(20)26-31-25-18/h2-12,19,27H,13H2,1H3,(H,24,28)/t19-/m0/s1. The van der Waals surface area contributed by atoms with Crippen molar-refractivity contribution in [1.82, 2.24) is 13.5 Å². The van der Waals surface area contributed by atoms with Crippen LogP contribution in [-0.2, 0) is 21.2 Å². The summed E-state index contributed by atoms with van der Waals surface area (Å²) in [6.45, 7) is 1.94. The summed E-state index contributed by atoms with van der Waals surface area (Å²) < 4.78 is 38.0. The molecule has 0 saturated heterocycles. The van der Waals surface area contributed by atoms with Crippen LogP contribution in [0.4, 0.5) is 5.69 Å². The summed E-state index contributed by atoms with van der Waals surface area (Å²) in [5.41, 5.74) is 3.19. The van der Waals surface area contributed by atoms with Crippen LogP contribution in [0.2, 0.25) is 0 Å². The molecular weight excluding hydrogens is 512 g/mol. The van der Waals surface area contributed by atoms with E-state index in [0.29, 0.717) is 15.7 Å². The molecule has 32 heavy (non-hydrogen) atoms. The Balaban J connectivity index is 1.66. The molecule has 4 rings (SSSR count). The molecule has 0 fully saturated rings. The fourth-order valence-corrected chi connectivity index (χ4v) is 5.78. The number of rotatable bonds is 7. The zero-order valence-electron chi connectivity index (χ0n) is 16.9. The highest BCUT2D eigenvalue weighted by atomic mass is 79.9. The molecule has 0 aliphatic rings. The Morgan fingerprint density at radius 3 is 2.59 bits per heavy atom. The van der Waals surface area contributed by atoms with Gasteiger partial charge in [-0.1, -0.05) is 42.5 Å². The summed E-state index contributed by atoms with van der Waals surface area (Å²) in [5.74, 6) is -0.467. The lowest BCUT2D eigenvalue weighted by atomic mass is 10.1. The van der Waals surface area contributed by atoms with Crippen molar-refractivity contribution in [3.63, 3.8) is 0 Å². The van der Waals surface area contributed by atoms with Crippen molar-refractivity contribution in [2.45, 2.75) is 24.3 Å². The molecule has 0 spiro atoms. The third-order valence-electron chi connectivity index (χ3n) is 4.82. The number of sulfonamides is 1.